The predicted octanol–water partition coefficient (Wildman–Crippen LogP) is 7.18. The van der Waals surface area contributed by atoms with E-state index in [0.717, 1.165) is 59.1 Å². The highest BCUT2D eigenvalue weighted by atomic mass is 79.9. The zero-order valence-electron chi connectivity index (χ0n) is 20.9. The number of halogens is 1. The van der Waals surface area contributed by atoms with Crippen LogP contribution >= 0.6 is 15.9 Å². The molecular formula is C31H32BrN3O. The molecule has 5 rings (SSSR count). The molecule has 1 aliphatic heterocycles. The van der Waals surface area contributed by atoms with Crippen molar-refractivity contribution in [2.75, 3.05) is 13.1 Å². The lowest BCUT2D eigenvalue weighted by Crippen LogP contribution is -2.44. The summed E-state index contributed by atoms with van der Waals surface area (Å²) in [5.41, 5.74) is 5.97. The van der Waals surface area contributed by atoms with E-state index in [1.165, 1.54) is 11.1 Å². The summed E-state index contributed by atoms with van der Waals surface area (Å²) >= 11 is 3.57. The molecule has 2 heterocycles. The van der Waals surface area contributed by atoms with Gasteiger partial charge in [0, 0.05) is 41.1 Å². The van der Waals surface area contributed by atoms with E-state index < -0.39 is 0 Å². The van der Waals surface area contributed by atoms with E-state index in [1.807, 2.05) is 24.3 Å². The second-order valence-corrected chi connectivity index (χ2v) is 10.9. The van der Waals surface area contributed by atoms with Crippen LogP contribution in [-0.2, 0) is 6.54 Å². The quantitative estimate of drug-likeness (QED) is 0.281. The normalized spacial score (nSPS) is 14.9. The molecule has 0 bridgehead atoms. The van der Waals surface area contributed by atoms with Crippen molar-refractivity contribution >= 4 is 32.7 Å². The number of rotatable bonds is 6. The number of aromatic nitrogens is 1. The summed E-state index contributed by atoms with van der Waals surface area (Å²) in [6, 6.07) is 27.2. The van der Waals surface area contributed by atoms with Crippen LogP contribution in [0.1, 0.15) is 54.1 Å². The number of hydrogen-bond donors (Lipinski definition) is 1. The highest BCUT2D eigenvalue weighted by molar-refractivity contribution is 9.10. The summed E-state index contributed by atoms with van der Waals surface area (Å²) in [6.07, 6.45) is 1.91. The third-order valence-electron chi connectivity index (χ3n) is 7.06. The topological polar surface area (TPSA) is 45.2 Å². The van der Waals surface area contributed by atoms with Gasteiger partial charge in [0.15, 0.2) is 0 Å². The Hall–Kier alpha value is -3.02. The lowest BCUT2D eigenvalue weighted by molar-refractivity contribution is 0.0910. The van der Waals surface area contributed by atoms with E-state index in [1.54, 1.807) is 0 Å². The Kier molecular flexibility index (Phi) is 7.49. The zero-order valence-corrected chi connectivity index (χ0v) is 22.5. The minimum absolute atomic E-state index is 0.0259. The maximum atomic E-state index is 13.6. The zero-order chi connectivity index (χ0) is 25.1. The molecule has 1 N–H and O–H groups in total. The third-order valence-corrected chi connectivity index (χ3v) is 7.55. The van der Waals surface area contributed by atoms with Crippen LogP contribution in [0.3, 0.4) is 0 Å². The van der Waals surface area contributed by atoms with Crippen LogP contribution < -0.4 is 5.32 Å². The number of likely N-dealkylation sites (tertiary alicyclic amines) is 1. The van der Waals surface area contributed by atoms with Crippen LogP contribution in [0.4, 0.5) is 0 Å². The molecule has 1 saturated heterocycles. The minimum Gasteiger partial charge on any atom is -0.349 e. The SMILES string of the molecule is CC(C)c1ccc(-c2cc(C(=O)NC3CCN(Cc4ccccc4)CC3)c3cc(Br)ccc3n2)cc1. The number of piperidine rings is 1. The van der Waals surface area contributed by atoms with E-state index in [4.69, 9.17) is 4.98 Å². The van der Waals surface area contributed by atoms with E-state index in [-0.39, 0.29) is 11.9 Å². The Balaban J connectivity index is 1.34. The first kappa shape index (κ1) is 24.7. The fourth-order valence-electron chi connectivity index (χ4n) is 4.91. The number of benzene rings is 3. The fraction of sp³-hybridized carbons (Fsp3) is 0.290. The van der Waals surface area contributed by atoms with Crippen LogP contribution in [0.2, 0.25) is 0 Å². The third kappa shape index (κ3) is 5.69. The van der Waals surface area contributed by atoms with E-state index >= 15 is 0 Å². The minimum atomic E-state index is -0.0259. The number of hydrogen-bond acceptors (Lipinski definition) is 3. The molecule has 0 atom stereocenters. The first-order valence-electron chi connectivity index (χ1n) is 12.7. The van der Waals surface area contributed by atoms with Crippen LogP contribution in [0.5, 0.6) is 0 Å². The summed E-state index contributed by atoms with van der Waals surface area (Å²) in [7, 11) is 0. The Morgan fingerprint density at radius 2 is 1.72 bits per heavy atom. The summed E-state index contributed by atoms with van der Waals surface area (Å²) in [5.74, 6) is 0.448. The van der Waals surface area contributed by atoms with Gasteiger partial charge in [-0.05, 0) is 54.2 Å². The van der Waals surface area contributed by atoms with E-state index in [0.29, 0.717) is 11.5 Å². The van der Waals surface area contributed by atoms with Gasteiger partial charge in [-0.1, -0.05) is 84.4 Å². The summed E-state index contributed by atoms with van der Waals surface area (Å²) in [5, 5.41) is 4.19. The number of nitrogens with one attached hydrogen (secondary N) is 1. The van der Waals surface area contributed by atoms with Crippen LogP contribution in [0, 0.1) is 0 Å². The highest BCUT2D eigenvalue weighted by Gasteiger charge is 2.23. The number of nitrogens with zero attached hydrogens (tertiary/aromatic N) is 2. The van der Waals surface area contributed by atoms with Gasteiger partial charge in [0.2, 0.25) is 0 Å². The number of carbonyl (C=O) groups is 1. The van der Waals surface area contributed by atoms with Crippen molar-refractivity contribution in [3.8, 4) is 11.3 Å². The Morgan fingerprint density at radius 3 is 2.42 bits per heavy atom. The van der Waals surface area contributed by atoms with Gasteiger partial charge in [0.25, 0.3) is 5.91 Å². The monoisotopic (exact) mass is 541 g/mol. The number of carbonyl (C=O) groups excluding carboxylic acids is 1. The maximum Gasteiger partial charge on any atom is 0.252 e. The first-order valence-corrected chi connectivity index (χ1v) is 13.5. The fourth-order valence-corrected chi connectivity index (χ4v) is 5.27. The molecule has 5 heteroatoms. The van der Waals surface area contributed by atoms with Gasteiger partial charge in [-0.3, -0.25) is 9.69 Å². The first-order chi connectivity index (χ1) is 17.5. The second kappa shape index (κ2) is 10.9. The van der Waals surface area contributed by atoms with Gasteiger partial charge in [0.1, 0.15) is 0 Å². The molecule has 4 aromatic rings. The average Bonchev–Trinajstić information content (AvgIpc) is 2.90. The van der Waals surface area contributed by atoms with Crippen LogP contribution in [0.15, 0.2) is 83.3 Å². The molecule has 1 fully saturated rings. The van der Waals surface area contributed by atoms with Gasteiger partial charge in [-0.15, -0.1) is 0 Å². The van der Waals surface area contributed by atoms with Crippen molar-refractivity contribution in [1.82, 2.24) is 15.2 Å². The predicted molar refractivity (Wildman–Crippen MR) is 151 cm³/mol. The van der Waals surface area contributed by atoms with Crippen molar-refractivity contribution in [2.24, 2.45) is 0 Å². The van der Waals surface area contributed by atoms with Gasteiger partial charge in [-0.2, -0.15) is 0 Å². The van der Waals surface area contributed by atoms with E-state index in [2.05, 4.69) is 94.6 Å². The molecule has 36 heavy (non-hydrogen) atoms. The molecule has 0 aliphatic carbocycles. The number of pyridine rings is 1. The Morgan fingerprint density at radius 1 is 1.00 bits per heavy atom. The molecule has 4 nitrogen and oxygen atoms in total. The van der Waals surface area contributed by atoms with Crippen molar-refractivity contribution in [1.29, 1.82) is 0 Å². The number of amides is 1. The molecule has 1 aliphatic rings. The molecule has 0 spiro atoms. The van der Waals surface area contributed by atoms with Crippen LogP contribution in [-0.4, -0.2) is 34.9 Å². The lowest BCUT2D eigenvalue weighted by atomic mass is 9.98. The second-order valence-electron chi connectivity index (χ2n) is 10.0. The molecule has 184 valence electrons. The average molecular weight is 543 g/mol. The Labute approximate surface area is 221 Å². The van der Waals surface area contributed by atoms with Crippen molar-refractivity contribution in [3.63, 3.8) is 0 Å². The van der Waals surface area contributed by atoms with Gasteiger partial charge in [-0.25, -0.2) is 4.98 Å². The molecule has 0 unspecified atom stereocenters. The summed E-state index contributed by atoms with van der Waals surface area (Å²) < 4.78 is 0.939. The molecule has 0 saturated carbocycles. The van der Waals surface area contributed by atoms with Gasteiger partial charge in [0.05, 0.1) is 16.8 Å². The van der Waals surface area contributed by atoms with Crippen LogP contribution in [0.25, 0.3) is 22.2 Å². The molecule has 1 aromatic heterocycles. The molecule has 0 radical (unpaired) electrons. The number of fused-ring (bicyclic) bond motifs is 1. The summed E-state index contributed by atoms with van der Waals surface area (Å²) in [4.78, 5) is 20.9. The molecule has 3 aromatic carbocycles. The summed E-state index contributed by atoms with van der Waals surface area (Å²) in [6.45, 7) is 7.31. The van der Waals surface area contributed by atoms with Crippen molar-refractivity contribution in [3.05, 3.63) is 100 Å². The highest BCUT2D eigenvalue weighted by Crippen LogP contribution is 2.28. The lowest BCUT2D eigenvalue weighted by Gasteiger charge is -2.32. The van der Waals surface area contributed by atoms with Crippen molar-refractivity contribution < 1.29 is 4.79 Å². The van der Waals surface area contributed by atoms with Crippen molar-refractivity contribution in [2.45, 2.75) is 45.2 Å². The maximum absolute atomic E-state index is 13.6. The van der Waals surface area contributed by atoms with E-state index in [9.17, 15) is 4.79 Å². The van der Waals surface area contributed by atoms with Gasteiger partial charge < -0.3 is 5.32 Å². The largest absolute Gasteiger partial charge is 0.349 e. The molecule has 1 amide bonds. The molecular weight excluding hydrogens is 510 g/mol. The standard InChI is InChI=1S/C31H32BrN3O/c1-21(2)23-8-10-24(11-9-23)30-19-28(27-18-25(32)12-13-29(27)34-30)31(36)33-26-14-16-35(17-15-26)20-22-6-4-3-5-7-22/h3-13,18-19,21,26H,14-17,20H2,1-2H3,(H,33,36). The smallest absolute Gasteiger partial charge is 0.252 e. The Bertz CT molecular complexity index is 1340. The van der Waals surface area contributed by atoms with Gasteiger partial charge >= 0.3 is 0 Å².